The summed E-state index contributed by atoms with van der Waals surface area (Å²) in [6.07, 6.45) is 0. The predicted molar refractivity (Wildman–Crippen MR) is 141 cm³/mol. The molecule has 1 saturated heterocycles. The third-order valence-corrected chi connectivity index (χ3v) is 6.54. The average Bonchev–Trinajstić information content (AvgIpc) is 3.18. The number of methoxy groups -OCH3 is 1. The maximum atomic E-state index is 13.5. The second kappa shape index (κ2) is 9.93. The minimum absolute atomic E-state index is 0.0860. The van der Waals surface area contributed by atoms with E-state index in [2.05, 4.69) is 0 Å². The summed E-state index contributed by atoms with van der Waals surface area (Å²) in [7, 11) is 3.41. The number of amides is 1. The number of likely N-dealkylation sites (N-methyl/N-ethyl adjacent to an activating group) is 1. The van der Waals surface area contributed by atoms with E-state index >= 15 is 0 Å². The van der Waals surface area contributed by atoms with Crippen LogP contribution in [-0.4, -0.2) is 50.1 Å². The van der Waals surface area contributed by atoms with E-state index in [9.17, 15) is 19.5 Å². The number of carbonyl (C=O) groups is 3. The van der Waals surface area contributed by atoms with Crippen LogP contribution in [0.25, 0.3) is 5.76 Å². The Labute approximate surface area is 219 Å². The molecular weight excluding hydrogens is 488 g/mol. The minimum Gasteiger partial charge on any atom is -0.507 e. The molecule has 0 radical (unpaired) electrons. The van der Waals surface area contributed by atoms with E-state index in [-0.39, 0.29) is 17.1 Å². The topological polar surface area (TPSA) is 106 Å². The van der Waals surface area contributed by atoms with Crippen LogP contribution in [0.2, 0.25) is 0 Å². The Hall–Kier alpha value is -4.79. The summed E-state index contributed by atoms with van der Waals surface area (Å²) in [5.74, 6) is -1.06. The zero-order valence-electron chi connectivity index (χ0n) is 21.1. The van der Waals surface area contributed by atoms with Crippen LogP contribution in [0.15, 0.2) is 72.3 Å². The molecule has 3 aromatic carbocycles. The molecule has 0 saturated carbocycles. The standard InChI is InChI=1S/C29H26N2O7/c1-17(32)38-22-9-4-6-18(14-22)26-25(27(33)19-10-11-24-23(15-19)30(2)12-13-37-24)28(34)29(35)31(26)20-7-5-8-21(16-20)36-3/h4-11,14-16,26,33H,12-13H2,1-3H3/b27-25-. The quantitative estimate of drug-likeness (QED) is 0.179. The Morgan fingerprint density at radius 3 is 2.55 bits per heavy atom. The van der Waals surface area contributed by atoms with E-state index in [0.717, 1.165) is 5.69 Å². The van der Waals surface area contributed by atoms with Crippen molar-refractivity contribution in [3.63, 3.8) is 0 Å². The van der Waals surface area contributed by atoms with Gasteiger partial charge in [-0.1, -0.05) is 18.2 Å². The molecule has 0 aromatic heterocycles. The molecule has 0 spiro atoms. The van der Waals surface area contributed by atoms with Gasteiger partial charge in [0.1, 0.15) is 29.6 Å². The Morgan fingerprint density at radius 2 is 1.79 bits per heavy atom. The molecule has 3 aromatic rings. The highest BCUT2D eigenvalue weighted by molar-refractivity contribution is 6.51. The molecule has 1 unspecified atom stereocenters. The number of carbonyl (C=O) groups excluding carboxylic acids is 3. The van der Waals surface area contributed by atoms with E-state index < -0.39 is 23.7 Å². The van der Waals surface area contributed by atoms with Gasteiger partial charge in [-0.3, -0.25) is 19.3 Å². The Morgan fingerprint density at radius 1 is 1.03 bits per heavy atom. The molecule has 38 heavy (non-hydrogen) atoms. The number of nitrogens with zero attached hydrogens (tertiary/aromatic N) is 2. The number of anilines is 2. The number of aliphatic hydroxyl groups excluding tert-OH is 1. The van der Waals surface area contributed by atoms with Crippen LogP contribution in [0.1, 0.15) is 24.1 Å². The van der Waals surface area contributed by atoms with E-state index in [4.69, 9.17) is 14.2 Å². The molecular formula is C29H26N2O7. The van der Waals surface area contributed by atoms with Crippen LogP contribution in [0.3, 0.4) is 0 Å². The summed E-state index contributed by atoms with van der Waals surface area (Å²) in [6.45, 7) is 2.49. The predicted octanol–water partition coefficient (Wildman–Crippen LogP) is 4.08. The molecule has 2 aliphatic heterocycles. The summed E-state index contributed by atoms with van der Waals surface area (Å²) in [4.78, 5) is 41.9. The fraction of sp³-hybridized carbons (Fsp3) is 0.207. The fourth-order valence-electron chi connectivity index (χ4n) is 4.74. The SMILES string of the molecule is COc1cccc(N2C(=O)C(=O)/C(=C(\O)c3ccc4c(c3)N(C)CCO4)C2c2cccc(OC(C)=O)c2)c1. The number of esters is 1. The van der Waals surface area contributed by atoms with Gasteiger partial charge in [-0.25, -0.2) is 0 Å². The molecule has 0 aliphatic carbocycles. The van der Waals surface area contributed by atoms with Crippen molar-refractivity contribution in [2.75, 3.05) is 37.1 Å². The van der Waals surface area contributed by atoms with Gasteiger partial charge in [0.15, 0.2) is 0 Å². The zero-order chi connectivity index (χ0) is 27.0. The Bertz CT molecular complexity index is 1480. The van der Waals surface area contributed by atoms with Gasteiger partial charge in [0.2, 0.25) is 0 Å². The van der Waals surface area contributed by atoms with E-state index in [1.165, 1.54) is 18.9 Å². The van der Waals surface area contributed by atoms with Gasteiger partial charge in [-0.2, -0.15) is 0 Å². The largest absolute Gasteiger partial charge is 0.507 e. The van der Waals surface area contributed by atoms with E-state index in [1.54, 1.807) is 66.7 Å². The molecule has 0 bridgehead atoms. The fourth-order valence-corrected chi connectivity index (χ4v) is 4.74. The molecule has 2 aliphatic rings. The third-order valence-electron chi connectivity index (χ3n) is 6.54. The number of fused-ring (bicyclic) bond motifs is 1. The number of hydrogen-bond donors (Lipinski definition) is 1. The second-order valence-corrected chi connectivity index (χ2v) is 8.99. The first-order valence-corrected chi connectivity index (χ1v) is 12.0. The molecule has 2 heterocycles. The maximum Gasteiger partial charge on any atom is 0.308 e. The van der Waals surface area contributed by atoms with Crippen LogP contribution in [0, 0.1) is 0 Å². The third kappa shape index (κ3) is 4.43. The molecule has 1 atom stereocenters. The molecule has 1 amide bonds. The molecule has 9 nitrogen and oxygen atoms in total. The number of ether oxygens (including phenoxy) is 3. The normalized spacial score (nSPS) is 18.1. The number of benzene rings is 3. The van der Waals surface area contributed by atoms with Gasteiger partial charge in [0.05, 0.1) is 31.0 Å². The lowest BCUT2D eigenvalue weighted by atomic mass is 9.94. The van der Waals surface area contributed by atoms with Crippen molar-refractivity contribution >= 4 is 34.8 Å². The summed E-state index contributed by atoms with van der Waals surface area (Å²) in [6, 6.07) is 17.4. The van der Waals surface area contributed by atoms with Crippen molar-refractivity contribution < 1.29 is 33.7 Å². The maximum absolute atomic E-state index is 13.5. The van der Waals surface area contributed by atoms with Crippen molar-refractivity contribution in [1.82, 2.24) is 0 Å². The molecule has 9 heteroatoms. The van der Waals surface area contributed by atoms with Crippen LogP contribution in [0.4, 0.5) is 11.4 Å². The van der Waals surface area contributed by atoms with Gasteiger partial charge < -0.3 is 24.2 Å². The summed E-state index contributed by atoms with van der Waals surface area (Å²) < 4.78 is 16.3. The van der Waals surface area contributed by atoms with E-state index in [1.807, 2.05) is 11.9 Å². The number of hydrogen-bond acceptors (Lipinski definition) is 8. The summed E-state index contributed by atoms with van der Waals surface area (Å²) in [5, 5.41) is 11.5. The molecule has 194 valence electrons. The molecule has 1 N–H and O–H groups in total. The van der Waals surface area contributed by atoms with Crippen molar-refractivity contribution in [2.24, 2.45) is 0 Å². The Balaban J connectivity index is 1.70. The van der Waals surface area contributed by atoms with Crippen LogP contribution in [0.5, 0.6) is 17.2 Å². The lowest BCUT2D eigenvalue weighted by molar-refractivity contribution is -0.132. The van der Waals surface area contributed by atoms with Gasteiger partial charge in [-0.05, 0) is 48.0 Å². The lowest BCUT2D eigenvalue weighted by Gasteiger charge is -2.28. The smallest absolute Gasteiger partial charge is 0.308 e. The lowest BCUT2D eigenvalue weighted by Crippen LogP contribution is -2.29. The van der Waals surface area contributed by atoms with Crippen molar-refractivity contribution in [3.05, 3.63) is 83.4 Å². The van der Waals surface area contributed by atoms with Gasteiger partial charge in [-0.15, -0.1) is 0 Å². The minimum atomic E-state index is -0.998. The second-order valence-electron chi connectivity index (χ2n) is 8.99. The first kappa shape index (κ1) is 24.9. The number of ketones is 1. The van der Waals surface area contributed by atoms with Crippen LogP contribution in [-0.2, 0) is 14.4 Å². The van der Waals surface area contributed by atoms with Gasteiger partial charge in [0, 0.05) is 31.3 Å². The van der Waals surface area contributed by atoms with Crippen LogP contribution >= 0.6 is 0 Å². The Kier molecular flexibility index (Phi) is 6.50. The first-order chi connectivity index (χ1) is 18.3. The highest BCUT2D eigenvalue weighted by atomic mass is 16.5. The number of rotatable bonds is 5. The number of aliphatic hydroxyl groups is 1. The molecule has 1 fully saturated rings. The highest BCUT2D eigenvalue weighted by Crippen LogP contribution is 2.44. The van der Waals surface area contributed by atoms with Gasteiger partial charge >= 0.3 is 5.97 Å². The summed E-state index contributed by atoms with van der Waals surface area (Å²) >= 11 is 0. The first-order valence-electron chi connectivity index (χ1n) is 12.0. The number of Topliss-reactive ketones (excluding diaryl/α,β-unsaturated/α-hetero) is 1. The van der Waals surface area contributed by atoms with Crippen molar-refractivity contribution in [3.8, 4) is 17.2 Å². The average molecular weight is 515 g/mol. The van der Waals surface area contributed by atoms with Crippen molar-refractivity contribution in [2.45, 2.75) is 13.0 Å². The molecule has 5 rings (SSSR count). The van der Waals surface area contributed by atoms with Crippen LogP contribution < -0.4 is 24.0 Å². The van der Waals surface area contributed by atoms with E-state index in [0.29, 0.717) is 41.5 Å². The zero-order valence-corrected chi connectivity index (χ0v) is 21.1. The monoisotopic (exact) mass is 514 g/mol. The highest BCUT2D eigenvalue weighted by Gasteiger charge is 2.47. The summed E-state index contributed by atoms with van der Waals surface area (Å²) in [5.41, 5.74) is 1.93. The van der Waals surface area contributed by atoms with Crippen molar-refractivity contribution in [1.29, 1.82) is 0 Å². The van der Waals surface area contributed by atoms with Gasteiger partial charge in [0.25, 0.3) is 11.7 Å².